The van der Waals surface area contributed by atoms with E-state index in [9.17, 15) is 4.79 Å². The van der Waals surface area contributed by atoms with Crippen molar-refractivity contribution in [1.82, 2.24) is 14.7 Å². The van der Waals surface area contributed by atoms with E-state index in [1.165, 1.54) is 103 Å². The van der Waals surface area contributed by atoms with Crippen LogP contribution >= 0.6 is 0 Å². The molecule has 0 saturated heterocycles. The number of nitrogens with zero attached hydrogens (tertiary/aromatic N) is 3. The third kappa shape index (κ3) is 16.6. The molecule has 0 fully saturated rings. The summed E-state index contributed by atoms with van der Waals surface area (Å²) in [5.41, 5.74) is 0.994. The number of carbonyl (C=O) groups is 1. The molecular weight excluding hydrogens is 394 g/mol. The van der Waals surface area contributed by atoms with E-state index in [-0.39, 0.29) is 6.03 Å². The topological polar surface area (TPSA) is 26.8 Å². The van der Waals surface area contributed by atoms with Crippen LogP contribution in [0.1, 0.15) is 130 Å². The molecule has 0 aromatic heterocycles. The summed E-state index contributed by atoms with van der Waals surface area (Å²) in [5.74, 6) is 0. The number of rotatable bonds is 21. The van der Waals surface area contributed by atoms with E-state index >= 15 is 0 Å². The van der Waals surface area contributed by atoms with Crippen molar-refractivity contribution in [1.29, 1.82) is 0 Å². The van der Waals surface area contributed by atoms with Gasteiger partial charge in [-0.25, -0.2) is 4.79 Å². The summed E-state index contributed by atoms with van der Waals surface area (Å²) in [7, 11) is 3.99. The van der Waals surface area contributed by atoms with Gasteiger partial charge in [0.25, 0.3) is 0 Å². The second kappa shape index (κ2) is 21.8. The van der Waals surface area contributed by atoms with Crippen LogP contribution in [-0.4, -0.2) is 54.6 Å². The van der Waals surface area contributed by atoms with Gasteiger partial charge in [0.15, 0.2) is 0 Å². The zero-order chi connectivity index (χ0) is 24.0. The van der Waals surface area contributed by atoms with Crippen molar-refractivity contribution < 1.29 is 4.79 Å². The van der Waals surface area contributed by atoms with Gasteiger partial charge >= 0.3 is 6.03 Å². The zero-order valence-corrected chi connectivity index (χ0v) is 22.8. The summed E-state index contributed by atoms with van der Waals surface area (Å²) >= 11 is 0. The van der Waals surface area contributed by atoms with E-state index < -0.39 is 0 Å². The number of unbranched alkanes of at least 4 members (excludes halogenated alkanes) is 15. The maximum absolute atomic E-state index is 12.6. The van der Waals surface area contributed by atoms with Crippen LogP contribution in [0.15, 0.2) is 11.8 Å². The van der Waals surface area contributed by atoms with Crippen LogP contribution in [0.5, 0.6) is 0 Å². The van der Waals surface area contributed by atoms with E-state index in [4.69, 9.17) is 0 Å². The number of allylic oxidation sites excluding steroid dienone is 2. The molecule has 0 aromatic rings. The predicted octanol–water partition coefficient (Wildman–Crippen LogP) is 8.43. The molecule has 2 amide bonds. The Morgan fingerprint density at radius 3 is 1.47 bits per heavy atom. The second-order valence-electron chi connectivity index (χ2n) is 9.65. The lowest BCUT2D eigenvalue weighted by atomic mass is 10.0. The number of urea groups is 1. The van der Waals surface area contributed by atoms with Gasteiger partial charge in [-0.3, -0.25) is 4.90 Å². The first-order valence-corrected chi connectivity index (χ1v) is 13.8. The lowest BCUT2D eigenvalue weighted by Crippen LogP contribution is -2.45. The van der Waals surface area contributed by atoms with Crippen LogP contribution < -0.4 is 0 Å². The standard InChI is InChI=1S/C28H57N3O/c1-7-10-11-12-13-14-15-16-17-18-19-20-21-22-23-24-25-29(5)26-31(9-3)28(32)30(6)27(4)8-2/h8H,7,9-26H2,1-6H3. The third-order valence-electron chi connectivity index (χ3n) is 6.69. The highest BCUT2D eigenvalue weighted by Gasteiger charge is 2.18. The molecule has 0 aromatic carbocycles. The molecule has 0 heterocycles. The normalized spacial score (nSPS) is 11.9. The monoisotopic (exact) mass is 451 g/mol. The molecule has 0 unspecified atom stereocenters. The van der Waals surface area contributed by atoms with Crippen molar-refractivity contribution in [3.05, 3.63) is 11.8 Å². The maximum atomic E-state index is 12.6. The van der Waals surface area contributed by atoms with Gasteiger partial charge in [0, 0.05) is 19.3 Å². The average molecular weight is 452 g/mol. The van der Waals surface area contributed by atoms with Crippen LogP contribution in [0.25, 0.3) is 0 Å². The van der Waals surface area contributed by atoms with Gasteiger partial charge in [-0.15, -0.1) is 0 Å². The first-order chi connectivity index (χ1) is 15.5. The lowest BCUT2D eigenvalue weighted by molar-refractivity contribution is 0.138. The minimum Gasteiger partial charge on any atom is -0.312 e. The van der Waals surface area contributed by atoms with Crippen LogP contribution in [0.3, 0.4) is 0 Å². The minimum absolute atomic E-state index is 0.0851. The first-order valence-electron chi connectivity index (χ1n) is 13.8. The molecule has 0 atom stereocenters. The Morgan fingerprint density at radius 2 is 1.09 bits per heavy atom. The highest BCUT2D eigenvalue weighted by molar-refractivity contribution is 5.75. The van der Waals surface area contributed by atoms with Gasteiger partial charge in [-0.2, -0.15) is 0 Å². The molecule has 0 rings (SSSR count). The number of amides is 2. The molecule has 0 aliphatic heterocycles. The molecule has 190 valence electrons. The van der Waals surface area contributed by atoms with E-state index in [0.717, 1.165) is 18.8 Å². The fourth-order valence-electron chi connectivity index (χ4n) is 4.14. The van der Waals surface area contributed by atoms with Gasteiger partial charge in [-0.1, -0.05) is 109 Å². The predicted molar refractivity (Wildman–Crippen MR) is 142 cm³/mol. The Morgan fingerprint density at radius 1 is 0.688 bits per heavy atom. The largest absolute Gasteiger partial charge is 0.324 e. The van der Waals surface area contributed by atoms with Crippen LogP contribution in [0.4, 0.5) is 4.79 Å². The molecule has 0 bridgehead atoms. The van der Waals surface area contributed by atoms with Crippen LogP contribution in [0, 0.1) is 0 Å². The second-order valence-corrected chi connectivity index (χ2v) is 9.65. The van der Waals surface area contributed by atoms with Gasteiger partial charge in [0.1, 0.15) is 0 Å². The molecular formula is C28H57N3O. The molecule has 4 nitrogen and oxygen atoms in total. The molecule has 0 aliphatic rings. The van der Waals surface area contributed by atoms with Crippen molar-refractivity contribution >= 4 is 6.03 Å². The van der Waals surface area contributed by atoms with Gasteiger partial charge in [0.05, 0.1) is 6.67 Å². The van der Waals surface area contributed by atoms with Crippen molar-refractivity contribution in [3.8, 4) is 0 Å². The molecule has 0 spiro atoms. The molecule has 0 saturated carbocycles. The minimum atomic E-state index is 0.0851. The Kier molecular flexibility index (Phi) is 21.1. The molecule has 0 N–H and O–H groups in total. The Bertz CT molecular complexity index is 464. The van der Waals surface area contributed by atoms with E-state index in [2.05, 4.69) is 25.8 Å². The fraction of sp³-hybridized carbons (Fsp3) is 0.893. The van der Waals surface area contributed by atoms with Crippen molar-refractivity contribution in [2.75, 3.05) is 33.9 Å². The van der Waals surface area contributed by atoms with Gasteiger partial charge in [-0.05, 0) is 40.8 Å². The van der Waals surface area contributed by atoms with E-state index in [1.807, 2.05) is 31.9 Å². The quantitative estimate of drug-likeness (QED) is 0.129. The molecule has 32 heavy (non-hydrogen) atoms. The molecule has 0 radical (unpaired) electrons. The van der Waals surface area contributed by atoms with E-state index in [1.54, 1.807) is 4.90 Å². The Balaban J connectivity index is 3.59. The fourth-order valence-corrected chi connectivity index (χ4v) is 4.14. The summed E-state index contributed by atoms with van der Waals surface area (Å²) in [6.45, 7) is 10.8. The van der Waals surface area contributed by atoms with E-state index in [0.29, 0.717) is 6.67 Å². The molecule has 0 aliphatic carbocycles. The highest BCUT2D eigenvalue weighted by atomic mass is 16.2. The number of carbonyl (C=O) groups excluding carboxylic acids is 1. The third-order valence-corrected chi connectivity index (χ3v) is 6.69. The van der Waals surface area contributed by atoms with Crippen LogP contribution in [0.2, 0.25) is 0 Å². The lowest BCUT2D eigenvalue weighted by Gasteiger charge is -2.31. The van der Waals surface area contributed by atoms with Crippen molar-refractivity contribution in [3.63, 3.8) is 0 Å². The number of hydrogen-bond acceptors (Lipinski definition) is 2. The summed E-state index contributed by atoms with van der Waals surface area (Å²) in [6.07, 6.45) is 24.4. The van der Waals surface area contributed by atoms with Gasteiger partial charge < -0.3 is 9.80 Å². The van der Waals surface area contributed by atoms with Crippen molar-refractivity contribution in [2.24, 2.45) is 0 Å². The average Bonchev–Trinajstić information content (AvgIpc) is 2.80. The Labute approximate surface area is 201 Å². The number of hydrogen-bond donors (Lipinski definition) is 0. The molecule has 4 heteroatoms. The maximum Gasteiger partial charge on any atom is 0.324 e. The Hall–Kier alpha value is -1.03. The SMILES string of the molecule is CC=C(C)N(C)C(=O)N(CC)CN(C)CCCCCCCCCCCCCCCCCC. The summed E-state index contributed by atoms with van der Waals surface area (Å²) in [5, 5.41) is 0. The zero-order valence-electron chi connectivity index (χ0n) is 22.8. The van der Waals surface area contributed by atoms with Gasteiger partial charge in [0.2, 0.25) is 0 Å². The highest BCUT2D eigenvalue weighted by Crippen LogP contribution is 2.14. The summed E-state index contributed by atoms with van der Waals surface area (Å²) < 4.78 is 0. The first kappa shape index (κ1) is 31.0. The summed E-state index contributed by atoms with van der Waals surface area (Å²) in [6, 6.07) is 0.0851. The summed E-state index contributed by atoms with van der Waals surface area (Å²) in [4.78, 5) is 18.6. The van der Waals surface area contributed by atoms with Crippen LogP contribution in [-0.2, 0) is 0 Å². The van der Waals surface area contributed by atoms with Crippen molar-refractivity contribution in [2.45, 2.75) is 130 Å². The smallest absolute Gasteiger partial charge is 0.312 e.